The lowest BCUT2D eigenvalue weighted by molar-refractivity contribution is 1.18. The smallest absolute Gasteiger partial charge is 0.0541 e. The summed E-state index contributed by atoms with van der Waals surface area (Å²) >= 11 is 0. The van der Waals surface area contributed by atoms with Gasteiger partial charge in [0.05, 0.1) is 11.0 Å². The molecule has 106 valence electrons. The predicted octanol–water partition coefficient (Wildman–Crippen LogP) is 6.01. The number of benzene rings is 2. The highest BCUT2D eigenvalue weighted by Gasteiger charge is 2.12. The molecule has 0 atom stereocenters. The maximum atomic E-state index is 2.38. The van der Waals surface area contributed by atoms with Crippen LogP contribution in [0.2, 0.25) is 0 Å². The SMILES string of the molecule is CC(C)=CC(=C(C)C)n1c2ccccc2c2ccccc21. The molecule has 3 aromatic rings. The lowest BCUT2D eigenvalue weighted by atomic mass is 10.2. The summed E-state index contributed by atoms with van der Waals surface area (Å²) in [6.45, 7) is 8.66. The van der Waals surface area contributed by atoms with Crippen LogP contribution in [0.3, 0.4) is 0 Å². The summed E-state index contributed by atoms with van der Waals surface area (Å²) in [5.41, 5.74) is 6.45. The maximum absolute atomic E-state index is 2.38. The van der Waals surface area contributed by atoms with Crippen molar-refractivity contribution < 1.29 is 0 Å². The highest BCUT2D eigenvalue weighted by Crippen LogP contribution is 2.33. The fourth-order valence-electron chi connectivity index (χ4n) is 2.89. The maximum Gasteiger partial charge on any atom is 0.0541 e. The Morgan fingerprint density at radius 1 is 0.762 bits per heavy atom. The van der Waals surface area contributed by atoms with Crippen LogP contribution >= 0.6 is 0 Å². The fourth-order valence-corrected chi connectivity index (χ4v) is 2.89. The number of nitrogens with zero attached hydrogens (tertiary/aromatic N) is 1. The molecule has 1 nitrogen and oxygen atoms in total. The molecule has 0 bridgehead atoms. The van der Waals surface area contributed by atoms with Crippen molar-refractivity contribution in [3.05, 3.63) is 65.8 Å². The second-order valence-electron chi connectivity index (χ2n) is 5.98. The van der Waals surface area contributed by atoms with Gasteiger partial charge in [0.25, 0.3) is 0 Å². The zero-order chi connectivity index (χ0) is 15.0. The molecular formula is C20H21N. The number of rotatable bonds is 2. The third-order valence-corrected chi connectivity index (χ3v) is 3.76. The molecule has 0 saturated heterocycles. The summed E-state index contributed by atoms with van der Waals surface area (Å²) in [6.07, 6.45) is 2.27. The molecule has 0 amide bonds. The molecule has 0 aliphatic rings. The van der Waals surface area contributed by atoms with Crippen molar-refractivity contribution in [1.29, 1.82) is 0 Å². The van der Waals surface area contributed by atoms with Gasteiger partial charge in [0.15, 0.2) is 0 Å². The summed E-state index contributed by atoms with van der Waals surface area (Å²) in [5, 5.41) is 2.63. The second-order valence-corrected chi connectivity index (χ2v) is 5.98. The van der Waals surface area contributed by atoms with Gasteiger partial charge >= 0.3 is 0 Å². The first-order valence-electron chi connectivity index (χ1n) is 7.40. The Labute approximate surface area is 126 Å². The Morgan fingerprint density at radius 2 is 1.24 bits per heavy atom. The summed E-state index contributed by atoms with van der Waals surface area (Å²) in [5.74, 6) is 0. The Hall–Kier alpha value is -2.28. The largest absolute Gasteiger partial charge is 0.309 e. The first-order chi connectivity index (χ1) is 10.1. The quantitative estimate of drug-likeness (QED) is 0.504. The van der Waals surface area contributed by atoms with E-state index in [2.05, 4.69) is 86.9 Å². The molecule has 2 aromatic carbocycles. The second kappa shape index (κ2) is 5.25. The first-order valence-corrected chi connectivity index (χ1v) is 7.40. The summed E-state index contributed by atoms with van der Waals surface area (Å²) in [7, 11) is 0. The molecule has 0 saturated carbocycles. The monoisotopic (exact) mass is 275 g/mol. The van der Waals surface area contributed by atoms with E-state index in [9.17, 15) is 0 Å². The Kier molecular flexibility index (Phi) is 3.42. The van der Waals surface area contributed by atoms with Gasteiger partial charge in [0, 0.05) is 16.5 Å². The van der Waals surface area contributed by atoms with Crippen LogP contribution in [-0.2, 0) is 0 Å². The fraction of sp³-hybridized carbons (Fsp3) is 0.200. The molecular weight excluding hydrogens is 254 g/mol. The summed E-state index contributed by atoms with van der Waals surface area (Å²) < 4.78 is 2.38. The van der Waals surface area contributed by atoms with Gasteiger partial charge in [-0.3, -0.25) is 0 Å². The molecule has 0 unspecified atom stereocenters. The average molecular weight is 275 g/mol. The van der Waals surface area contributed by atoms with E-state index in [1.165, 1.54) is 38.6 Å². The van der Waals surface area contributed by atoms with Gasteiger partial charge in [-0.15, -0.1) is 0 Å². The molecule has 0 radical (unpaired) electrons. The van der Waals surface area contributed by atoms with Gasteiger partial charge in [0.1, 0.15) is 0 Å². The molecule has 0 fully saturated rings. The van der Waals surface area contributed by atoms with E-state index in [0.29, 0.717) is 0 Å². The van der Waals surface area contributed by atoms with Crippen molar-refractivity contribution in [2.24, 2.45) is 0 Å². The van der Waals surface area contributed by atoms with Crippen molar-refractivity contribution in [2.45, 2.75) is 27.7 Å². The van der Waals surface area contributed by atoms with Gasteiger partial charge in [-0.25, -0.2) is 0 Å². The van der Waals surface area contributed by atoms with Crippen LogP contribution in [0.4, 0.5) is 0 Å². The van der Waals surface area contributed by atoms with Crippen molar-refractivity contribution in [3.8, 4) is 0 Å². The average Bonchev–Trinajstić information content (AvgIpc) is 2.79. The van der Waals surface area contributed by atoms with Gasteiger partial charge in [-0.1, -0.05) is 47.5 Å². The number of aromatic nitrogens is 1. The van der Waals surface area contributed by atoms with Crippen molar-refractivity contribution in [2.75, 3.05) is 0 Å². The highest BCUT2D eigenvalue weighted by molar-refractivity contribution is 6.10. The molecule has 0 aliphatic carbocycles. The van der Waals surface area contributed by atoms with Gasteiger partial charge in [-0.2, -0.15) is 0 Å². The zero-order valence-electron chi connectivity index (χ0n) is 13.1. The van der Waals surface area contributed by atoms with E-state index in [1.54, 1.807) is 0 Å². The number of para-hydroxylation sites is 2. The van der Waals surface area contributed by atoms with E-state index in [1.807, 2.05) is 0 Å². The van der Waals surface area contributed by atoms with Crippen LogP contribution in [-0.4, -0.2) is 4.57 Å². The zero-order valence-corrected chi connectivity index (χ0v) is 13.1. The standard InChI is InChI=1S/C20H21N/c1-14(2)13-20(15(3)4)21-18-11-7-5-9-16(18)17-10-6-8-12-19(17)21/h5-13H,1-4H3. The van der Waals surface area contributed by atoms with E-state index in [-0.39, 0.29) is 0 Å². The molecule has 0 N–H and O–H groups in total. The molecule has 1 aromatic heterocycles. The minimum atomic E-state index is 1.27. The van der Waals surface area contributed by atoms with Crippen molar-refractivity contribution in [3.63, 3.8) is 0 Å². The minimum absolute atomic E-state index is 1.27. The number of hydrogen-bond donors (Lipinski definition) is 0. The van der Waals surface area contributed by atoms with Crippen LogP contribution in [0.5, 0.6) is 0 Å². The number of fused-ring (bicyclic) bond motifs is 3. The Balaban J connectivity index is 2.50. The lowest BCUT2D eigenvalue weighted by Crippen LogP contribution is -1.97. The lowest BCUT2D eigenvalue weighted by Gasteiger charge is -2.12. The molecule has 3 rings (SSSR count). The summed E-state index contributed by atoms with van der Waals surface area (Å²) in [4.78, 5) is 0. The van der Waals surface area contributed by atoms with E-state index >= 15 is 0 Å². The molecule has 1 heterocycles. The van der Waals surface area contributed by atoms with Gasteiger partial charge < -0.3 is 4.57 Å². The molecule has 1 heteroatoms. The van der Waals surface area contributed by atoms with Crippen molar-refractivity contribution in [1.82, 2.24) is 4.57 Å². The predicted molar refractivity (Wildman–Crippen MR) is 93.4 cm³/mol. The van der Waals surface area contributed by atoms with E-state index in [0.717, 1.165) is 0 Å². The molecule has 0 aliphatic heterocycles. The van der Waals surface area contributed by atoms with Gasteiger partial charge in [0.2, 0.25) is 0 Å². The Morgan fingerprint density at radius 3 is 1.67 bits per heavy atom. The topological polar surface area (TPSA) is 4.93 Å². The third-order valence-electron chi connectivity index (χ3n) is 3.76. The van der Waals surface area contributed by atoms with Crippen LogP contribution in [0.15, 0.2) is 65.8 Å². The number of hydrogen-bond acceptors (Lipinski definition) is 0. The Bertz CT molecular complexity index is 814. The third kappa shape index (κ3) is 2.29. The van der Waals surface area contributed by atoms with Crippen LogP contribution < -0.4 is 0 Å². The highest BCUT2D eigenvalue weighted by atomic mass is 15.0. The van der Waals surface area contributed by atoms with Crippen LogP contribution in [0.1, 0.15) is 27.7 Å². The van der Waals surface area contributed by atoms with Gasteiger partial charge in [-0.05, 0) is 45.9 Å². The summed E-state index contributed by atoms with van der Waals surface area (Å²) in [6, 6.07) is 17.3. The number of allylic oxidation sites excluding steroid dienone is 4. The van der Waals surface area contributed by atoms with Crippen LogP contribution in [0.25, 0.3) is 27.5 Å². The van der Waals surface area contributed by atoms with E-state index in [4.69, 9.17) is 0 Å². The molecule has 21 heavy (non-hydrogen) atoms. The normalized spacial score (nSPS) is 10.9. The van der Waals surface area contributed by atoms with E-state index < -0.39 is 0 Å². The van der Waals surface area contributed by atoms with Crippen LogP contribution in [0, 0.1) is 0 Å². The molecule has 0 spiro atoms. The first kappa shape index (κ1) is 13.7. The van der Waals surface area contributed by atoms with Crippen molar-refractivity contribution >= 4 is 27.5 Å². The minimum Gasteiger partial charge on any atom is -0.309 e.